The van der Waals surface area contributed by atoms with Gasteiger partial charge in [0.1, 0.15) is 28.7 Å². The molecule has 0 aliphatic rings. The van der Waals surface area contributed by atoms with Crippen molar-refractivity contribution >= 4 is 33.4 Å². The summed E-state index contributed by atoms with van der Waals surface area (Å²) in [5.41, 5.74) is 0.783. The van der Waals surface area contributed by atoms with E-state index in [9.17, 15) is 23.3 Å². The van der Waals surface area contributed by atoms with Crippen LogP contribution in [0.5, 0.6) is 28.7 Å². The van der Waals surface area contributed by atoms with E-state index in [2.05, 4.69) is 5.32 Å². The van der Waals surface area contributed by atoms with Crippen molar-refractivity contribution in [3.05, 3.63) is 81.2 Å². The summed E-state index contributed by atoms with van der Waals surface area (Å²) < 4.78 is 52.1. The summed E-state index contributed by atoms with van der Waals surface area (Å²) in [6.45, 7) is 0. The van der Waals surface area contributed by atoms with Gasteiger partial charge in [0.15, 0.2) is 9.84 Å². The molecule has 12 nitrogen and oxygen atoms in total. The van der Waals surface area contributed by atoms with E-state index in [1.54, 1.807) is 18.2 Å². The first kappa shape index (κ1) is 28.8. The topological polar surface area (TPSA) is 153 Å². The molecule has 1 N–H and O–H groups in total. The maximum Gasteiger partial charge on any atom is 0.417 e. The minimum Gasteiger partial charge on any atom is -0.496 e. The first-order chi connectivity index (χ1) is 18.6. The Morgan fingerprint density at radius 3 is 2.03 bits per heavy atom. The van der Waals surface area contributed by atoms with E-state index >= 15 is 0 Å². The molecule has 39 heavy (non-hydrogen) atoms. The van der Waals surface area contributed by atoms with Crippen molar-refractivity contribution in [1.82, 2.24) is 0 Å². The molecule has 0 unspecified atom stereocenters. The molecule has 3 aromatic rings. The molecule has 0 radical (unpaired) electrons. The molecule has 3 rings (SSSR count). The molecule has 1 amide bonds. The summed E-state index contributed by atoms with van der Waals surface area (Å²) in [5.74, 6) is 1.15. The van der Waals surface area contributed by atoms with Gasteiger partial charge in [-0.15, -0.1) is 0 Å². The molecule has 0 heterocycles. The van der Waals surface area contributed by atoms with Crippen LogP contribution < -0.4 is 29.0 Å². The predicted octanol–water partition coefficient (Wildman–Crippen LogP) is 4.83. The number of nitro benzene ring substituents is 1. The van der Waals surface area contributed by atoms with Gasteiger partial charge in [0.2, 0.25) is 0 Å². The molecule has 0 atom stereocenters. The molecule has 0 aliphatic heterocycles. The van der Waals surface area contributed by atoms with Crippen LogP contribution in [0.4, 0.5) is 16.2 Å². The van der Waals surface area contributed by atoms with Crippen molar-refractivity contribution in [3.8, 4) is 28.7 Å². The van der Waals surface area contributed by atoms with Gasteiger partial charge in [0.05, 0.1) is 50.4 Å². The van der Waals surface area contributed by atoms with Crippen molar-refractivity contribution in [2.75, 3.05) is 33.8 Å². The van der Waals surface area contributed by atoms with Crippen LogP contribution in [0, 0.1) is 10.1 Å². The lowest BCUT2D eigenvalue weighted by atomic mass is 10.1. The second-order valence-corrected chi connectivity index (χ2v) is 9.74. The number of benzene rings is 3. The summed E-state index contributed by atoms with van der Waals surface area (Å²) in [6, 6.07) is 12.6. The van der Waals surface area contributed by atoms with Crippen LogP contribution in [0.15, 0.2) is 60.0 Å². The second-order valence-electron chi connectivity index (χ2n) is 7.86. The Bertz CT molecular complexity index is 1460. The number of sulfone groups is 1. The highest BCUT2D eigenvalue weighted by atomic mass is 32.2. The number of anilines is 1. The van der Waals surface area contributed by atoms with E-state index in [0.29, 0.717) is 28.4 Å². The number of nitrogens with zero attached hydrogens (tertiary/aromatic N) is 1. The average molecular weight is 559 g/mol. The molecule has 3 aromatic carbocycles. The average Bonchev–Trinajstić information content (AvgIpc) is 2.91. The molecule has 206 valence electrons. The van der Waals surface area contributed by atoms with E-state index in [1.165, 1.54) is 70.9 Å². The van der Waals surface area contributed by atoms with Gasteiger partial charge < -0.3 is 23.7 Å². The van der Waals surface area contributed by atoms with Crippen LogP contribution in [0.1, 0.15) is 11.1 Å². The number of hydrogen-bond donors (Lipinski definition) is 1. The first-order valence-corrected chi connectivity index (χ1v) is 12.9. The van der Waals surface area contributed by atoms with Gasteiger partial charge in [-0.3, -0.25) is 15.4 Å². The third kappa shape index (κ3) is 7.61. The van der Waals surface area contributed by atoms with Crippen LogP contribution >= 0.6 is 0 Å². The highest BCUT2D eigenvalue weighted by Crippen LogP contribution is 2.35. The molecule has 0 fully saturated rings. The molecule has 0 saturated heterocycles. The largest absolute Gasteiger partial charge is 0.496 e. The SMILES string of the molecule is COc1cc(OC)c(C=CS(=O)(=O)Cc2ccc(OC)c(NC(=O)Oc3ccc([N+](=O)[O-])cc3)c2)c(OC)c1. The van der Waals surface area contributed by atoms with Crippen LogP contribution in [-0.2, 0) is 15.6 Å². The zero-order chi connectivity index (χ0) is 28.6. The van der Waals surface area contributed by atoms with Gasteiger partial charge in [-0.05, 0) is 35.9 Å². The number of non-ortho nitro benzene ring substituents is 1. The minimum absolute atomic E-state index is 0.0744. The Morgan fingerprint density at radius 2 is 1.49 bits per heavy atom. The van der Waals surface area contributed by atoms with Gasteiger partial charge in [-0.1, -0.05) is 6.07 Å². The lowest BCUT2D eigenvalue weighted by molar-refractivity contribution is -0.384. The van der Waals surface area contributed by atoms with E-state index < -0.39 is 20.9 Å². The second kappa shape index (κ2) is 12.6. The Morgan fingerprint density at radius 1 is 0.872 bits per heavy atom. The number of rotatable bonds is 11. The number of carbonyl (C=O) groups is 1. The van der Waals surface area contributed by atoms with Crippen LogP contribution in [-0.4, -0.2) is 47.9 Å². The van der Waals surface area contributed by atoms with E-state index in [-0.39, 0.29) is 28.6 Å². The number of methoxy groups -OCH3 is 4. The van der Waals surface area contributed by atoms with Crippen LogP contribution in [0.2, 0.25) is 0 Å². The first-order valence-electron chi connectivity index (χ1n) is 11.2. The normalized spacial score (nSPS) is 11.1. The number of hydrogen-bond acceptors (Lipinski definition) is 10. The number of carbonyl (C=O) groups excluding carboxylic acids is 1. The van der Waals surface area contributed by atoms with Crippen molar-refractivity contribution < 1.29 is 41.8 Å². The predicted molar refractivity (Wildman–Crippen MR) is 143 cm³/mol. The van der Waals surface area contributed by atoms with Gasteiger partial charge in [-0.25, -0.2) is 13.2 Å². The highest BCUT2D eigenvalue weighted by molar-refractivity contribution is 7.93. The molecule has 0 saturated carbocycles. The Labute approximate surface area is 224 Å². The lowest BCUT2D eigenvalue weighted by Gasteiger charge is -2.13. The number of nitrogens with one attached hydrogen (secondary N) is 1. The van der Waals surface area contributed by atoms with Gasteiger partial charge >= 0.3 is 6.09 Å². The van der Waals surface area contributed by atoms with Crippen molar-refractivity contribution in [1.29, 1.82) is 0 Å². The zero-order valence-corrected chi connectivity index (χ0v) is 22.3. The van der Waals surface area contributed by atoms with Crippen molar-refractivity contribution in [2.24, 2.45) is 0 Å². The summed E-state index contributed by atoms with van der Waals surface area (Å²) in [7, 11) is 1.97. The summed E-state index contributed by atoms with van der Waals surface area (Å²) >= 11 is 0. The minimum atomic E-state index is -3.79. The van der Waals surface area contributed by atoms with E-state index in [1.807, 2.05) is 0 Å². The molecule has 0 aliphatic carbocycles. The highest BCUT2D eigenvalue weighted by Gasteiger charge is 2.16. The van der Waals surface area contributed by atoms with Gasteiger partial charge in [0.25, 0.3) is 5.69 Å². The quantitative estimate of drug-likeness (QED) is 0.256. The third-order valence-electron chi connectivity index (χ3n) is 5.32. The molecule has 0 bridgehead atoms. The van der Waals surface area contributed by atoms with Gasteiger partial charge in [0, 0.05) is 29.7 Å². The molecular formula is C26H26N2O10S. The van der Waals surface area contributed by atoms with Gasteiger partial charge in [-0.2, -0.15) is 0 Å². The maximum absolute atomic E-state index is 12.9. The van der Waals surface area contributed by atoms with E-state index in [4.69, 9.17) is 23.7 Å². The van der Waals surface area contributed by atoms with E-state index in [0.717, 1.165) is 5.41 Å². The molecule has 0 aromatic heterocycles. The fraction of sp³-hybridized carbons (Fsp3) is 0.192. The number of nitro groups is 1. The fourth-order valence-corrected chi connectivity index (χ4v) is 4.55. The fourth-order valence-electron chi connectivity index (χ4n) is 3.47. The Hall–Kier alpha value is -4.78. The Kier molecular flexibility index (Phi) is 9.33. The summed E-state index contributed by atoms with van der Waals surface area (Å²) in [6.07, 6.45) is 0.470. The lowest BCUT2D eigenvalue weighted by Crippen LogP contribution is -2.17. The summed E-state index contributed by atoms with van der Waals surface area (Å²) in [5, 5.41) is 14.3. The molecule has 13 heteroatoms. The molecular weight excluding hydrogens is 532 g/mol. The molecule has 0 spiro atoms. The zero-order valence-electron chi connectivity index (χ0n) is 21.5. The van der Waals surface area contributed by atoms with Crippen LogP contribution in [0.25, 0.3) is 6.08 Å². The number of ether oxygens (including phenoxy) is 5. The van der Waals surface area contributed by atoms with Crippen molar-refractivity contribution in [3.63, 3.8) is 0 Å². The Balaban J connectivity index is 1.78. The smallest absolute Gasteiger partial charge is 0.417 e. The third-order valence-corrected chi connectivity index (χ3v) is 6.61. The van der Waals surface area contributed by atoms with Crippen LogP contribution in [0.3, 0.4) is 0 Å². The summed E-state index contributed by atoms with van der Waals surface area (Å²) in [4.78, 5) is 22.6. The number of amides is 1. The maximum atomic E-state index is 12.9. The standard InChI is InChI=1S/C26H26N2O10S/c1-34-20-14-24(36-3)21(25(15-20)37-4)11-12-39(32,33)16-17-5-10-23(35-2)22(13-17)27-26(29)38-19-8-6-18(7-9-19)28(30)31/h5-15H,16H2,1-4H3,(H,27,29). The monoisotopic (exact) mass is 558 g/mol. The van der Waals surface area contributed by atoms with Crippen molar-refractivity contribution in [2.45, 2.75) is 5.75 Å².